The lowest BCUT2D eigenvalue weighted by Gasteiger charge is -2.10. The molecule has 0 unspecified atom stereocenters. The zero-order valence-corrected chi connectivity index (χ0v) is 18.6. The fourth-order valence-electron chi connectivity index (χ4n) is 3.24. The first-order valence-corrected chi connectivity index (χ1v) is 11.6. The molecule has 0 bridgehead atoms. The van der Waals surface area contributed by atoms with Crippen molar-refractivity contribution < 1.29 is 9.59 Å². The fraction of sp³-hybridized carbons (Fsp3) is 0.261. The first-order chi connectivity index (χ1) is 14.5. The van der Waals surface area contributed by atoms with Crippen molar-refractivity contribution in [1.29, 1.82) is 0 Å². The number of anilines is 2. The van der Waals surface area contributed by atoms with Gasteiger partial charge in [-0.2, -0.15) is 0 Å². The SMILES string of the molecule is Cc1ccc(Sc2ccc(NC(=O)Cc3csc(N4CCCC4=O)n3)cc2)cc1C. The summed E-state index contributed by atoms with van der Waals surface area (Å²) in [6.07, 6.45) is 1.64. The zero-order valence-electron chi connectivity index (χ0n) is 17.0. The van der Waals surface area contributed by atoms with Crippen LogP contribution in [0.5, 0.6) is 0 Å². The third-order valence-corrected chi connectivity index (χ3v) is 6.95. The summed E-state index contributed by atoms with van der Waals surface area (Å²) < 4.78 is 0. The highest BCUT2D eigenvalue weighted by Gasteiger charge is 2.24. The van der Waals surface area contributed by atoms with Crippen molar-refractivity contribution in [3.8, 4) is 0 Å². The van der Waals surface area contributed by atoms with Crippen molar-refractivity contribution in [1.82, 2.24) is 4.98 Å². The van der Waals surface area contributed by atoms with E-state index in [0.717, 1.165) is 17.0 Å². The minimum Gasteiger partial charge on any atom is -0.326 e. The zero-order chi connectivity index (χ0) is 21.1. The van der Waals surface area contributed by atoms with Crippen LogP contribution in [0.15, 0.2) is 57.6 Å². The summed E-state index contributed by atoms with van der Waals surface area (Å²) in [5.74, 6) is -0.00623. The number of carbonyl (C=O) groups excluding carboxylic acids is 2. The number of hydrogen-bond donors (Lipinski definition) is 1. The van der Waals surface area contributed by atoms with Crippen LogP contribution < -0.4 is 10.2 Å². The molecule has 1 aliphatic heterocycles. The van der Waals surface area contributed by atoms with Crippen molar-refractivity contribution in [2.24, 2.45) is 0 Å². The number of nitrogens with one attached hydrogen (secondary N) is 1. The molecular formula is C23H23N3O2S2. The highest BCUT2D eigenvalue weighted by Crippen LogP contribution is 2.30. The van der Waals surface area contributed by atoms with E-state index in [9.17, 15) is 9.59 Å². The van der Waals surface area contributed by atoms with Gasteiger partial charge in [0.05, 0.1) is 12.1 Å². The summed E-state index contributed by atoms with van der Waals surface area (Å²) in [5.41, 5.74) is 4.02. The average Bonchev–Trinajstić information content (AvgIpc) is 3.35. The van der Waals surface area contributed by atoms with Gasteiger partial charge in [-0.25, -0.2) is 4.98 Å². The maximum absolute atomic E-state index is 12.4. The molecule has 154 valence electrons. The number of carbonyl (C=O) groups is 2. The Balaban J connectivity index is 1.33. The molecule has 3 aromatic rings. The van der Waals surface area contributed by atoms with Crippen molar-refractivity contribution in [3.05, 3.63) is 64.7 Å². The normalized spacial score (nSPS) is 13.7. The minimum absolute atomic E-state index is 0.110. The molecule has 30 heavy (non-hydrogen) atoms. The Kier molecular flexibility index (Phi) is 6.20. The summed E-state index contributed by atoms with van der Waals surface area (Å²) in [6, 6.07) is 14.3. The Morgan fingerprint density at radius 2 is 1.90 bits per heavy atom. The first kappa shape index (κ1) is 20.6. The monoisotopic (exact) mass is 437 g/mol. The minimum atomic E-state index is -0.117. The highest BCUT2D eigenvalue weighted by atomic mass is 32.2. The van der Waals surface area contributed by atoms with E-state index in [1.807, 2.05) is 29.6 Å². The maximum Gasteiger partial charge on any atom is 0.230 e. The number of thiazole rings is 1. The third kappa shape index (κ3) is 4.91. The van der Waals surface area contributed by atoms with Crippen molar-refractivity contribution >= 4 is 45.7 Å². The average molecular weight is 438 g/mol. The molecular weight excluding hydrogens is 414 g/mol. The lowest BCUT2D eigenvalue weighted by Crippen LogP contribution is -2.23. The molecule has 7 heteroatoms. The molecule has 0 aliphatic carbocycles. The lowest BCUT2D eigenvalue weighted by atomic mass is 10.1. The Morgan fingerprint density at radius 3 is 2.60 bits per heavy atom. The van der Waals surface area contributed by atoms with Gasteiger partial charge in [-0.15, -0.1) is 11.3 Å². The van der Waals surface area contributed by atoms with Gasteiger partial charge in [-0.05, 0) is 67.8 Å². The van der Waals surface area contributed by atoms with E-state index in [0.29, 0.717) is 23.8 Å². The molecule has 0 spiro atoms. The fourth-order valence-corrected chi connectivity index (χ4v) is 5.03. The van der Waals surface area contributed by atoms with E-state index >= 15 is 0 Å². The van der Waals surface area contributed by atoms with Crippen LogP contribution in [0, 0.1) is 13.8 Å². The van der Waals surface area contributed by atoms with E-state index in [4.69, 9.17) is 0 Å². The number of benzene rings is 2. The second kappa shape index (κ2) is 9.02. The molecule has 1 fully saturated rings. The summed E-state index contributed by atoms with van der Waals surface area (Å²) in [6.45, 7) is 4.94. The van der Waals surface area contributed by atoms with E-state index < -0.39 is 0 Å². The molecule has 2 amide bonds. The van der Waals surface area contributed by atoms with Crippen LogP contribution >= 0.6 is 23.1 Å². The van der Waals surface area contributed by atoms with Crippen molar-refractivity contribution in [2.45, 2.75) is 42.9 Å². The quantitative estimate of drug-likeness (QED) is 0.574. The van der Waals surface area contributed by atoms with Gasteiger partial charge in [0.25, 0.3) is 0 Å². The van der Waals surface area contributed by atoms with Gasteiger partial charge in [0, 0.05) is 33.8 Å². The second-order valence-electron chi connectivity index (χ2n) is 7.37. The summed E-state index contributed by atoms with van der Waals surface area (Å²) >= 11 is 3.12. The van der Waals surface area contributed by atoms with E-state index in [2.05, 4.69) is 42.3 Å². The molecule has 2 aromatic carbocycles. The topological polar surface area (TPSA) is 62.3 Å². The Hall–Kier alpha value is -2.64. The van der Waals surface area contributed by atoms with Gasteiger partial charge >= 0.3 is 0 Å². The van der Waals surface area contributed by atoms with Gasteiger partial charge in [0.2, 0.25) is 11.8 Å². The third-order valence-electron chi connectivity index (χ3n) is 5.04. The Morgan fingerprint density at radius 1 is 1.13 bits per heavy atom. The maximum atomic E-state index is 12.4. The van der Waals surface area contributed by atoms with Crippen molar-refractivity contribution in [2.75, 3.05) is 16.8 Å². The van der Waals surface area contributed by atoms with Crippen LogP contribution in [0.1, 0.15) is 29.7 Å². The van der Waals surface area contributed by atoms with Crippen LogP contribution in [0.2, 0.25) is 0 Å². The number of aromatic nitrogens is 1. The van der Waals surface area contributed by atoms with Crippen LogP contribution in [-0.4, -0.2) is 23.3 Å². The molecule has 0 radical (unpaired) electrons. The largest absolute Gasteiger partial charge is 0.326 e. The van der Waals surface area contributed by atoms with E-state index in [1.54, 1.807) is 16.7 Å². The summed E-state index contributed by atoms with van der Waals surface area (Å²) in [7, 11) is 0. The van der Waals surface area contributed by atoms with Crippen molar-refractivity contribution in [3.63, 3.8) is 0 Å². The lowest BCUT2D eigenvalue weighted by molar-refractivity contribution is -0.117. The molecule has 0 atom stereocenters. The number of aryl methyl sites for hydroxylation is 2. The Bertz CT molecular complexity index is 1080. The van der Waals surface area contributed by atoms with Gasteiger partial charge < -0.3 is 5.32 Å². The molecule has 1 saturated heterocycles. The van der Waals surface area contributed by atoms with Gasteiger partial charge in [-0.3, -0.25) is 14.5 Å². The van der Waals surface area contributed by atoms with E-state index in [1.165, 1.54) is 27.4 Å². The van der Waals surface area contributed by atoms with Crippen LogP contribution in [0.25, 0.3) is 0 Å². The number of amides is 2. The number of rotatable bonds is 6. The van der Waals surface area contributed by atoms with Crippen LogP contribution in [0.3, 0.4) is 0 Å². The molecule has 1 aliphatic rings. The Labute approximate surface area is 184 Å². The molecule has 1 aromatic heterocycles. The number of nitrogens with zero attached hydrogens (tertiary/aromatic N) is 2. The van der Waals surface area contributed by atoms with Crippen LogP contribution in [-0.2, 0) is 16.0 Å². The molecule has 0 saturated carbocycles. The smallest absolute Gasteiger partial charge is 0.230 e. The summed E-state index contributed by atoms with van der Waals surface area (Å²) in [5, 5.41) is 5.46. The van der Waals surface area contributed by atoms with E-state index in [-0.39, 0.29) is 18.2 Å². The number of hydrogen-bond acceptors (Lipinski definition) is 5. The molecule has 2 heterocycles. The standard InChI is InChI=1S/C23H23N3O2S2/c1-15-5-8-20(12-16(15)2)30-19-9-6-17(7-10-19)24-21(27)13-18-14-29-23(25-18)26-11-3-4-22(26)28/h5-10,12,14H,3-4,11,13H2,1-2H3,(H,24,27). The van der Waals surface area contributed by atoms with Crippen LogP contribution in [0.4, 0.5) is 10.8 Å². The molecule has 1 N–H and O–H groups in total. The van der Waals surface area contributed by atoms with Gasteiger partial charge in [-0.1, -0.05) is 17.8 Å². The first-order valence-electron chi connectivity index (χ1n) is 9.88. The second-order valence-corrected chi connectivity index (χ2v) is 9.35. The summed E-state index contributed by atoms with van der Waals surface area (Å²) in [4.78, 5) is 32.7. The molecule has 4 rings (SSSR count). The highest BCUT2D eigenvalue weighted by molar-refractivity contribution is 7.99. The molecule has 5 nitrogen and oxygen atoms in total. The van der Waals surface area contributed by atoms with Gasteiger partial charge in [0.1, 0.15) is 0 Å². The predicted molar refractivity (Wildman–Crippen MR) is 123 cm³/mol. The predicted octanol–water partition coefficient (Wildman–Crippen LogP) is 5.22. The van der Waals surface area contributed by atoms with Gasteiger partial charge in [0.15, 0.2) is 5.13 Å².